The molecule has 1 fully saturated rings. The first-order chi connectivity index (χ1) is 7.29. The van der Waals surface area contributed by atoms with Crippen LogP contribution in [-0.4, -0.2) is 24.6 Å². The third kappa shape index (κ3) is 2.39. The summed E-state index contributed by atoms with van der Waals surface area (Å²) in [5.41, 5.74) is 11.3. The van der Waals surface area contributed by atoms with Gasteiger partial charge in [-0.3, -0.25) is 0 Å². The second-order valence-corrected chi connectivity index (χ2v) is 4.09. The van der Waals surface area contributed by atoms with Crippen LogP contribution in [0, 0.1) is 5.92 Å². The van der Waals surface area contributed by atoms with Crippen LogP contribution in [0.5, 0.6) is 0 Å². The average Bonchev–Trinajstić information content (AvgIpc) is 2.29. The molecular formula is C11H18N4. The zero-order valence-corrected chi connectivity index (χ0v) is 8.89. The number of hydrogen-bond donors (Lipinski definition) is 2. The molecule has 2 heterocycles. The molecule has 0 spiro atoms. The van der Waals surface area contributed by atoms with Crippen LogP contribution in [-0.2, 0) is 0 Å². The van der Waals surface area contributed by atoms with E-state index < -0.39 is 0 Å². The van der Waals surface area contributed by atoms with Crippen molar-refractivity contribution in [1.82, 2.24) is 4.98 Å². The van der Waals surface area contributed by atoms with Gasteiger partial charge in [0.05, 0.1) is 0 Å². The van der Waals surface area contributed by atoms with Gasteiger partial charge >= 0.3 is 0 Å². The molecule has 4 heteroatoms. The van der Waals surface area contributed by atoms with Crippen molar-refractivity contribution in [3.05, 3.63) is 18.2 Å². The van der Waals surface area contributed by atoms with E-state index in [1.165, 1.54) is 0 Å². The number of aromatic nitrogens is 1. The van der Waals surface area contributed by atoms with Crippen LogP contribution in [0.25, 0.3) is 0 Å². The molecule has 4 nitrogen and oxygen atoms in total. The van der Waals surface area contributed by atoms with Crippen molar-refractivity contribution in [2.75, 3.05) is 30.3 Å². The van der Waals surface area contributed by atoms with E-state index in [4.69, 9.17) is 11.5 Å². The maximum absolute atomic E-state index is 5.66. The van der Waals surface area contributed by atoms with Crippen molar-refractivity contribution in [2.24, 2.45) is 11.7 Å². The van der Waals surface area contributed by atoms with Gasteiger partial charge in [0.2, 0.25) is 0 Å². The fraction of sp³-hybridized carbons (Fsp3) is 0.545. The summed E-state index contributed by atoms with van der Waals surface area (Å²) in [6, 6.07) is 5.78. The summed E-state index contributed by atoms with van der Waals surface area (Å²) in [7, 11) is 0. The molecule has 1 aliphatic rings. The van der Waals surface area contributed by atoms with Gasteiger partial charge in [-0.2, -0.15) is 0 Å². The highest BCUT2D eigenvalue weighted by atomic mass is 15.2. The number of nitrogens with two attached hydrogens (primary N) is 2. The molecule has 15 heavy (non-hydrogen) atoms. The molecular weight excluding hydrogens is 188 g/mol. The van der Waals surface area contributed by atoms with Crippen LogP contribution in [0.4, 0.5) is 11.6 Å². The number of rotatable bonds is 2. The molecule has 1 aromatic rings. The fourth-order valence-corrected chi connectivity index (χ4v) is 2.01. The van der Waals surface area contributed by atoms with Gasteiger partial charge in [0, 0.05) is 13.1 Å². The Morgan fingerprint density at radius 1 is 1.33 bits per heavy atom. The van der Waals surface area contributed by atoms with E-state index >= 15 is 0 Å². The van der Waals surface area contributed by atoms with Gasteiger partial charge in [-0.1, -0.05) is 6.07 Å². The van der Waals surface area contributed by atoms with Crippen LogP contribution >= 0.6 is 0 Å². The first-order valence-electron chi connectivity index (χ1n) is 5.47. The normalized spacial score (nSPS) is 18.1. The summed E-state index contributed by atoms with van der Waals surface area (Å²) in [5, 5.41) is 0. The predicted molar refractivity (Wildman–Crippen MR) is 62.6 cm³/mol. The zero-order valence-electron chi connectivity index (χ0n) is 8.89. The Morgan fingerprint density at radius 3 is 2.67 bits per heavy atom. The Balaban J connectivity index is 2.01. The number of hydrogen-bond acceptors (Lipinski definition) is 4. The lowest BCUT2D eigenvalue weighted by Gasteiger charge is -2.32. The number of nitrogen functional groups attached to an aromatic ring is 1. The summed E-state index contributed by atoms with van der Waals surface area (Å²) in [4.78, 5) is 6.60. The molecule has 0 radical (unpaired) electrons. The number of pyridine rings is 1. The van der Waals surface area contributed by atoms with Gasteiger partial charge in [-0.05, 0) is 37.4 Å². The van der Waals surface area contributed by atoms with Crippen molar-refractivity contribution in [2.45, 2.75) is 12.8 Å². The van der Waals surface area contributed by atoms with Crippen LogP contribution in [0.15, 0.2) is 18.2 Å². The smallest absolute Gasteiger partial charge is 0.130 e. The largest absolute Gasteiger partial charge is 0.384 e. The molecule has 1 aliphatic heterocycles. The molecule has 0 bridgehead atoms. The molecule has 4 N–H and O–H groups in total. The van der Waals surface area contributed by atoms with E-state index in [1.54, 1.807) is 0 Å². The Bertz CT molecular complexity index is 318. The maximum Gasteiger partial charge on any atom is 0.130 e. The van der Waals surface area contributed by atoms with Crippen molar-refractivity contribution >= 4 is 11.6 Å². The first-order valence-corrected chi connectivity index (χ1v) is 5.47. The molecule has 1 saturated heterocycles. The molecule has 1 aromatic heterocycles. The van der Waals surface area contributed by atoms with Crippen LogP contribution in [0.1, 0.15) is 12.8 Å². The summed E-state index contributed by atoms with van der Waals surface area (Å²) in [6.07, 6.45) is 2.32. The molecule has 0 saturated carbocycles. The van der Waals surface area contributed by atoms with Gasteiger partial charge < -0.3 is 16.4 Å². The highest BCUT2D eigenvalue weighted by Gasteiger charge is 2.18. The quantitative estimate of drug-likeness (QED) is 0.752. The lowest BCUT2D eigenvalue weighted by molar-refractivity contribution is 0.413. The average molecular weight is 206 g/mol. The van der Waals surface area contributed by atoms with E-state index in [9.17, 15) is 0 Å². The summed E-state index contributed by atoms with van der Waals surface area (Å²) in [6.45, 7) is 2.88. The van der Waals surface area contributed by atoms with Crippen molar-refractivity contribution < 1.29 is 0 Å². The lowest BCUT2D eigenvalue weighted by atomic mass is 9.97. The van der Waals surface area contributed by atoms with E-state index in [1.807, 2.05) is 18.2 Å². The van der Waals surface area contributed by atoms with Crippen molar-refractivity contribution in [3.63, 3.8) is 0 Å². The summed E-state index contributed by atoms with van der Waals surface area (Å²) >= 11 is 0. The SMILES string of the molecule is NCC1CCN(c2cccc(N)n2)CC1. The van der Waals surface area contributed by atoms with E-state index in [2.05, 4.69) is 9.88 Å². The fourth-order valence-electron chi connectivity index (χ4n) is 2.01. The highest BCUT2D eigenvalue weighted by molar-refractivity contribution is 5.44. The van der Waals surface area contributed by atoms with E-state index in [0.29, 0.717) is 11.7 Å². The Morgan fingerprint density at radius 2 is 2.07 bits per heavy atom. The summed E-state index contributed by atoms with van der Waals surface area (Å²) < 4.78 is 0. The third-order valence-electron chi connectivity index (χ3n) is 3.03. The maximum atomic E-state index is 5.66. The molecule has 0 aromatic carbocycles. The Hall–Kier alpha value is -1.29. The molecule has 0 aliphatic carbocycles. The third-order valence-corrected chi connectivity index (χ3v) is 3.03. The van der Waals surface area contributed by atoms with Gasteiger partial charge in [0.1, 0.15) is 11.6 Å². The van der Waals surface area contributed by atoms with Crippen LogP contribution < -0.4 is 16.4 Å². The minimum atomic E-state index is 0.591. The monoisotopic (exact) mass is 206 g/mol. The number of anilines is 2. The minimum Gasteiger partial charge on any atom is -0.384 e. The second kappa shape index (κ2) is 4.49. The molecule has 0 unspecified atom stereocenters. The van der Waals surface area contributed by atoms with Gasteiger partial charge in [-0.15, -0.1) is 0 Å². The van der Waals surface area contributed by atoms with Gasteiger partial charge in [-0.25, -0.2) is 4.98 Å². The lowest BCUT2D eigenvalue weighted by Crippen LogP contribution is -2.36. The molecule has 0 atom stereocenters. The molecule has 0 amide bonds. The number of piperidine rings is 1. The van der Waals surface area contributed by atoms with Crippen molar-refractivity contribution in [1.29, 1.82) is 0 Å². The minimum absolute atomic E-state index is 0.591. The number of nitrogens with zero attached hydrogens (tertiary/aromatic N) is 2. The van der Waals surface area contributed by atoms with E-state index in [-0.39, 0.29) is 0 Å². The topological polar surface area (TPSA) is 68.2 Å². The Kier molecular flexibility index (Phi) is 3.06. The first kappa shape index (κ1) is 10.2. The Labute approximate surface area is 90.3 Å². The van der Waals surface area contributed by atoms with Crippen LogP contribution in [0.2, 0.25) is 0 Å². The van der Waals surface area contributed by atoms with Gasteiger partial charge in [0.15, 0.2) is 0 Å². The highest BCUT2D eigenvalue weighted by Crippen LogP contribution is 2.21. The second-order valence-electron chi connectivity index (χ2n) is 4.09. The molecule has 2 rings (SSSR count). The zero-order chi connectivity index (χ0) is 10.7. The van der Waals surface area contributed by atoms with E-state index in [0.717, 1.165) is 38.3 Å². The van der Waals surface area contributed by atoms with Crippen LogP contribution in [0.3, 0.4) is 0 Å². The standard InChI is InChI=1S/C11H18N4/c12-8-9-4-6-15(7-5-9)11-3-1-2-10(13)14-11/h1-3,9H,4-8,12H2,(H2,13,14). The molecule has 82 valence electrons. The van der Waals surface area contributed by atoms with Crippen molar-refractivity contribution in [3.8, 4) is 0 Å². The summed E-state index contributed by atoms with van der Waals surface area (Å²) in [5.74, 6) is 2.27. The van der Waals surface area contributed by atoms with Gasteiger partial charge in [0.25, 0.3) is 0 Å². The predicted octanol–water partition coefficient (Wildman–Crippen LogP) is 0.839.